The predicted octanol–water partition coefficient (Wildman–Crippen LogP) is 5.08. The Morgan fingerprint density at radius 3 is 2.48 bits per heavy atom. The molecule has 0 spiro atoms. The third-order valence-corrected chi connectivity index (χ3v) is 5.62. The quantitative estimate of drug-likeness (QED) is 0.637. The SMILES string of the molecule is CCc1ccc(C(=O)Nc2scc(-c3cccs3)c2C(=O)OC)cc1. The number of rotatable bonds is 5. The standard InChI is InChI=1S/C19H17NO3S2/c1-3-12-6-8-13(9-7-12)17(21)20-18-16(19(22)23-2)14(11-25-18)15-5-4-10-24-15/h4-11H,3H2,1-2H3,(H,20,21). The van der Waals surface area contributed by atoms with Gasteiger partial charge in [0.25, 0.3) is 5.91 Å². The number of carbonyl (C=O) groups excluding carboxylic acids is 2. The van der Waals surface area contributed by atoms with Crippen molar-refractivity contribution in [3.05, 3.63) is 63.8 Å². The van der Waals surface area contributed by atoms with E-state index in [9.17, 15) is 9.59 Å². The lowest BCUT2D eigenvalue weighted by Gasteiger charge is -2.07. The summed E-state index contributed by atoms with van der Waals surface area (Å²) in [4.78, 5) is 25.7. The molecule has 0 aliphatic carbocycles. The zero-order chi connectivity index (χ0) is 17.8. The molecule has 0 atom stereocenters. The van der Waals surface area contributed by atoms with Crippen LogP contribution in [0.3, 0.4) is 0 Å². The predicted molar refractivity (Wildman–Crippen MR) is 103 cm³/mol. The van der Waals surface area contributed by atoms with Gasteiger partial charge in [-0.3, -0.25) is 4.79 Å². The van der Waals surface area contributed by atoms with Crippen molar-refractivity contribution in [3.8, 4) is 10.4 Å². The second-order valence-corrected chi connectivity index (χ2v) is 7.15. The molecule has 1 amide bonds. The van der Waals surface area contributed by atoms with Gasteiger partial charge in [-0.15, -0.1) is 22.7 Å². The summed E-state index contributed by atoms with van der Waals surface area (Å²) in [5.74, 6) is -0.700. The largest absolute Gasteiger partial charge is 0.465 e. The van der Waals surface area contributed by atoms with E-state index in [1.165, 1.54) is 35.3 Å². The van der Waals surface area contributed by atoms with E-state index in [1.807, 2.05) is 35.0 Å². The van der Waals surface area contributed by atoms with E-state index >= 15 is 0 Å². The first kappa shape index (κ1) is 17.4. The van der Waals surface area contributed by atoms with Crippen LogP contribution in [0.5, 0.6) is 0 Å². The highest BCUT2D eigenvalue weighted by atomic mass is 32.1. The van der Waals surface area contributed by atoms with E-state index in [2.05, 4.69) is 12.2 Å². The van der Waals surface area contributed by atoms with Gasteiger partial charge >= 0.3 is 5.97 Å². The molecule has 0 aliphatic heterocycles. The second-order valence-electron chi connectivity index (χ2n) is 5.33. The molecular weight excluding hydrogens is 354 g/mol. The Bertz CT molecular complexity index is 880. The van der Waals surface area contributed by atoms with E-state index in [1.54, 1.807) is 12.1 Å². The molecule has 0 saturated carbocycles. The van der Waals surface area contributed by atoms with Crippen molar-refractivity contribution in [2.24, 2.45) is 0 Å². The van der Waals surface area contributed by atoms with Crippen LogP contribution in [-0.2, 0) is 11.2 Å². The van der Waals surface area contributed by atoms with Crippen molar-refractivity contribution in [1.29, 1.82) is 0 Å². The molecule has 0 aliphatic rings. The fraction of sp³-hybridized carbons (Fsp3) is 0.158. The fourth-order valence-corrected chi connectivity index (χ4v) is 4.20. The van der Waals surface area contributed by atoms with Crippen molar-refractivity contribution in [2.45, 2.75) is 13.3 Å². The number of ether oxygens (including phenoxy) is 1. The lowest BCUT2D eigenvalue weighted by molar-refractivity contribution is 0.0603. The van der Waals surface area contributed by atoms with Crippen molar-refractivity contribution >= 4 is 39.6 Å². The van der Waals surface area contributed by atoms with Crippen LogP contribution in [0, 0.1) is 0 Å². The van der Waals surface area contributed by atoms with Crippen LogP contribution in [0.1, 0.15) is 33.2 Å². The Kier molecular flexibility index (Phi) is 5.31. The molecule has 25 heavy (non-hydrogen) atoms. The van der Waals surface area contributed by atoms with Gasteiger partial charge in [0.2, 0.25) is 0 Å². The number of thiophene rings is 2. The lowest BCUT2D eigenvalue weighted by atomic mass is 10.1. The number of methoxy groups -OCH3 is 1. The Morgan fingerprint density at radius 1 is 1.12 bits per heavy atom. The lowest BCUT2D eigenvalue weighted by Crippen LogP contribution is -2.14. The molecule has 6 heteroatoms. The second kappa shape index (κ2) is 7.63. The van der Waals surface area contributed by atoms with Crippen LogP contribution in [0.25, 0.3) is 10.4 Å². The van der Waals surface area contributed by atoms with Gasteiger partial charge in [0.1, 0.15) is 10.6 Å². The van der Waals surface area contributed by atoms with E-state index in [4.69, 9.17) is 4.74 Å². The zero-order valence-corrected chi connectivity index (χ0v) is 15.5. The van der Waals surface area contributed by atoms with Crippen LogP contribution in [-0.4, -0.2) is 19.0 Å². The third kappa shape index (κ3) is 3.65. The van der Waals surface area contributed by atoms with Gasteiger partial charge in [0.05, 0.1) is 7.11 Å². The molecule has 0 unspecified atom stereocenters. The highest BCUT2D eigenvalue weighted by Gasteiger charge is 2.23. The third-order valence-electron chi connectivity index (χ3n) is 3.82. The molecule has 1 aromatic carbocycles. The average Bonchev–Trinajstić information content (AvgIpc) is 3.30. The normalized spacial score (nSPS) is 10.5. The smallest absolute Gasteiger partial charge is 0.341 e. The summed E-state index contributed by atoms with van der Waals surface area (Å²) in [7, 11) is 1.34. The van der Waals surface area contributed by atoms with Gasteiger partial charge < -0.3 is 10.1 Å². The number of carbonyl (C=O) groups is 2. The van der Waals surface area contributed by atoms with E-state index in [0.29, 0.717) is 16.1 Å². The monoisotopic (exact) mass is 371 g/mol. The first-order chi connectivity index (χ1) is 12.1. The minimum atomic E-state index is -0.457. The number of hydrogen-bond acceptors (Lipinski definition) is 5. The maximum absolute atomic E-state index is 12.5. The van der Waals surface area contributed by atoms with Gasteiger partial charge in [0.15, 0.2) is 0 Å². The van der Waals surface area contributed by atoms with Gasteiger partial charge in [-0.05, 0) is 35.6 Å². The molecule has 2 aromatic heterocycles. The molecule has 0 fully saturated rings. The van der Waals surface area contributed by atoms with Crippen LogP contribution in [0.4, 0.5) is 5.00 Å². The van der Waals surface area contributed by atoms with Crippen LogP contribution in [0.2, 0.25) is 0 Å². The number of benzene rings is 1. The first-order valence-electron chi connectivity index (χ1n) is 7.78. The van der Waals surface area contributed by atoms with Gasteiger partial charge in [-0.2, -0.15) is 0 Å². The summed E-state index contributed by atoms with van der Waals surface area (Å²) in [6.45, 7) is 2.06. The molecule has 0 bridgehead atoms. The Balaban J connectivity index is 1.91. The van der Waals surface area contributed by atoms with E-state index < -0.39 is 5.97 Å². The zero-order valence-electron chi connectivity index (χ0n) is 13.9. The Morgan fingerprint density at radius 2 is 1.88 bits per heavy atom. The van der Waals surface area contributed by atoms with Gasteiger partial charge in [-0.1, -0.05) is 25.1 Å². The van der Waals surface area contributed by atoms with Gasteiger partial charge in [0, 0.05) is 21.4 Å². The minimum absolute atomic E-state index is 0.243. The Hall–Kier alpha value is -2.44. The topological polar surface area (TPSA) is 55.4 Å². The van der Waals surface area contributed by atoms with Gasteiger partial charge in [-0.25, -0.2) is 4.79 Å². The Labute approximate surface area is 154 Å². The number of hydrogen-bond donors (Lipinski definition) is 1. The molecular formula is C19H17NO3S2. The summed E-state index contributed by atoms with van der Waals surface area (Å²) in [6.07, 6.45) is 0.920. The summed E-state index contributed by atoms with van der Waals surface area (Å²) in [6, 6.07) is 11.3. The number of nitrogens with one attached hydrogen (secondary N) is 1. The minimum Gasteiger partial charge on any atom is -0.465 e. The molecule has 3 aromatic rings. The number of aryl methyl sites for hydroxylation is 1. The molecule has 4 nitrogen and oxygen atoms in total. The molecule has 1 N–H and O–H groups in total. The van der Waals surface area contributed by atoms with Crippen molar-refractivity contribution in [3.63, 3.8) is 0 Å². The molecule has 3 rings (SSSR count). The van der Waals surface area contributed by atoms with Crippen LogP contribution >= 0.6 is 22.7 Å². The average molecular weight is 371 g/mol. The summed E-state index contributed by atoms with van der Waals surface area (Å²) in [5, 5.41) is 7.16. The van der Waals surface area contributed by atoms with E-state index in [-0.39, 0.29) is 5.91 Å². The van der Waals surface area contributed by atoms with Crippen molar-refractivity contribution in [1.82, 2.24) is 0 Å². The summed E-state index contributed by atoms with van der Waals surface area (Å²) in [5.41, 5.74) is 2.90. The first-order valence-corrected chi connectivity index (χ1v) is 9.54. The molecule has 0 saturated heterocycles. The number of esters is 1. The molecule has 0 radical (unpaired) electrons. The molecule has 2 heterocycles. The summed E-state index contributed by atoms with van der Waals surface area (Å²) < 4.78 is 4.91. The van der Waals surface area contributed by atoms with Crippen molar-refractivity contribution < 1.29 is 14.3 Å². The number of anilines is 1. The van der Waals surface area contributed by atoms with E-state index in [0.717, 1.165) is 16.9 Å². The highest BCUT2D eigenvalue weighted by molar-refractivity contribution is 7.17. The van der Waals surface area contributed by atoms with Crippen molar-refractivity contribution in [2.75, 3.05) is 12.4 Å². The maximum atomic E-state index is 12.5. The highest BCUT2D eigenvalue weighted by Crippen LogP contribution is 2.38. The molecule has 128 valence electrons. The van der Waals surface area contributed by atoms with Crippen LogP contribution < -0.4 is 5.32 Å². The summed E-state index contributed by atoms with van der Waals surface area (Å²) >= 11 is 2.86. The van der Waals surface area contributed by atoms with Crippen LogP contribution in [0.15, 0.2) is 47.2 Å². The fourth-order valence-electron chi connectivity index (χ4n) is 2.43. The maximum Gasteiger partial charge on any atom is 0.341 e. The number of amides is 1.